The maximum Gasteiger partial charge on any atom is 0.359 e. The third-order valence-corrected chi connectivity index (χ3v) is 2.90. The first-order valence-corrected chi connectivity index (χ1v) is 5.92. The fourth-order valence-corrected chi connectivity index (χ4v) is 2.06. The predicted molar refractivity (Wildman–Crippen MR) is 62.7 cm³/mol. The molecular weight excluding hydrogens is 228 g/mol. The van der Waals surface area contributed by atoms with E-state index in [1.165, 1.54) is 18.4 Å². The molecule has 1 aromatic rings. The zero-order valence-corrected chi connectivity index (χ0v) is 10.3. The molecule has 0 aliphatic carbocycles. The van der Waals surface area contributed by atoms with Crippen molar-refractivity contribution in [1.29, 1.82) is 0 Å². The number of anilines is 1. The van der Waals surface area contributed by atoms with Crippen LogP contribution >= 0.6 is 11.3 Å². The van der Waals surface area contributed by atoms with Gasteiger partial charge >= 0.3 is 5.97 Å². The summed E-state index contributed by atoms with van der Waals surface area (Å²) in [6.07, 6.45) is 1.65. The molecule has 0 bridgehead atoms. The van der Waals surface area contributed by atoms with Crippen molar-refractivity contribution in [3.8, 4) is 0 Å². The normalized spacial score (nSPS) is 10.4. The lowest BCUT2D eigenvalue weighted by atomic mass is 10.3. The number of carbonyl (C=O) groups excluding carboxylic acids is 1. The lowest BCUT2D eigenvalue weighted by Gasteiger charge is -1.98. The lowest BCUT2D eigenvalue weighted by molar-refractivity contribution is 0.0596. The van der Waals surface area contributed by atoms with Crippen LogP contribution in [0.3, 0.4) is 0 Å². The van der Waals surface area contributed by atoms with Crippen LogP contribution in [0.1, 0.15) is 28.8 Å². The van der Waals surface area contributed by atoms with E-state index < -0.39 is 5.97 Å². The summed E-state index contributed by atoms with van der Waals surface area (Å²) in [7, 11) is 1.32. The van der Waals surface area contributed by atoms with Crippen molar-refractivity contribution < 1.29 is 14.3 Å². The summed E-state index contributed by atoms with van der Waals surface area (Å²) in [4.78, 5) is 15.4. The number of hydrogen-bond donors (Lipinski definition) is 1. The summed E-state index contributed by atoms with van der Waals surface area (Å²) in [6.45, 7) is 3.37. The predicted octanol–water partition coefficient (Wildman–Crippen LogP) is 1.48. The average molecular weight is 244 g/mol. The number of nitrogen functional groups attached to an aromatic ring is 1. The van der Waals surface area contributed by atoms with Gasteiger partial charge in [0.05, 0.1) is 12.1 Å². The molecule has 0 saturated heterocycles. The summed E-state index contributed by atoms with van der Waals surface area (Å²) < 4.78 is 9.79. The molecule has 0 spiro atoms. The Hall–Kier alpha value is -1.14. The Morgan fingerprint density at radius 1 is 1.56 bits per heavy atom. The van der Waals surface area contributed by atoms with Crippen LogP contribution in [0.25, 0.3) is 0 Å². The first kappa shape index (κ1) is 12.9. The van der Waals surface area contributed by atoms with E-state index in [9.17, 15) is 4.79 Å². The number of aromatic nitrogens is 1. The van der Waals surface area contributed by atoms with Gasteiger partial charge in [0.15, 0.2) is 5.69 Å². The molecular formula is C10H16N2O3S. The third kappa shape index (κ3) is 3.46. The minimum absolute atomic E-state index is 0.221. The Bertz CT molecular complexity index is 352. The van der Waals surface area contributed by atoms with Gasteiger partial charge in [-0.15, -0.1) is 11.3 Å². The highest BCUT2D eigenvalue weighted by atomic mass is 32.1. The summed E-state index contributed by atoms with van der Waals surface area (Å²) in [5, 5.41) is 1.26. The van der Waals surface area contributed by atoms with Gasteiger partial charge in [-0.05, 0) is 13.3 Å². The number of thiazole rings is 1. The largest absolute Gasteiger partial charge is 0.464 e. The molecule has 0 aliphatic heterocycles. The molecule has 0 unspecified atom stereocenters. The number of methoxy groups -OCH3 is 1. The Morgan fingerprint density at radius 3 is 2.94 bits per heavy atom. The number of esters is 1. The van der Waals surface area contributed by atoms with E-state index in [-0.39, 0.29) is 5.69 Å². The van der Waals surface area contributed by atoms with Crippen LogP contribution in [0.2, 0.25) is 0 Å². The second-order valence-corrected chi connectivity index (χ2v) is 4.23. The van der Waals surface area contributed by atoms with Gasteiger partial charge in [-0.1, -0.05) is 0 Å². The van der Waals surface area contributed by atoms with Crippen LogP contribution in [0.15, 0.2) is 0 Å². The highest BCUT2D eigenvalue weighted by Gasteiger charge is 2.16. The summed E-state index contributed by atoms with van der Waals surface area (Å²) >= 11 is 1.33. The van der Waals surface area contributed by atoms with Gasteiger partial charge in [-0.25, -0.2) is 9.78 Å². The highest BCUT2D eigenvalue weighted by molar-refractivity contribution is 7.15. The van der Waals surface area contributed by atoms with E-state index in [4.69, 9.17) is 10.5 Å². The van der Waals surface area contributed by atoms with E-state index in [2.05, 4.69) is 9.72 Å². The molecule has 90 valence electrons. The Labute approximate surface area is 98.6 Å². The molecule has 1 rings (SSSR count). The number of rotatable bonds is 6. The minimum Gasteiger partial charge on any atom is -0.464 e. The second kappa shape index (κ2) is 6.44. The smallest absolute Gasteiger partial charge is 0.359 e. The van der Waals surface area contributed by atoms with Crippen LogP contribution in [0.4, 0.5) is 5.00 Å². The quantitative estimate of drug-likeness (QED) is 0.606. The van der Waals surface area contributed by atoms with Crippen molar-refractivity contribution >= 4 is 22.3 Å². The monoisotopic (exact) mass is 244 g/mol. The molecule has 1 heterocycles. The fourth-order valence-electron chi connectivity index (χ4n) is 1.20. The molecule has 0 saturated carbocycles. The Morgan fingerprint density at radius 2 is 2.31 bits per heavy atom. The van der Waals surface area contributed by atoms with Gasteiger partial charge in [-0.3, -0.25) is 0 Å². The van der Waals surface area contributed by atoms with Crippen molar-refractivity contribution in [2.24, 2.45) is 0 Å². The van der Waals surface area contributed by atoms with Crippen LogP contribution in [0.5, 0.6) is 0 Å². The standard InChI is InChI=1S/C10H16N2O3S/c1-3-15-6-4-5-7-12-8(9(11)16-7)10(13)14-2/h3-6,11H2,1-2H3. The maximum absolute atomic E-state index is 11.2. The van der Waals surface area contributed by atoms with Gasteiger partial charge in [0, 0.05) is 19.6 Å². The number of nitrogens with two attached hydrogens (primary N) is 1. The topological polar surface area (TPSA) is 74.4 Å². The van der Waals surface area contributed by atoms with Crippen LogP contribution in [-0.4, -0.2) is 31.3 Å². The van der Waals surface area contributed by atoms with Crippen molar-refractivity contribution in [3.05, 3.63) is 10.7 Å². The van der Waals surface area contributed by atoms with Crippen LogP contribution in [0, 0.1) is 0 Å². The Kier molecular flexibility index (Phi) is 5.21. The van der Waals surface area contributed by atoms with Crippen molar-refractivity contribution in [3.63, 3.8) is 0 Å². The summed E-state index contributed by atoms with van der Waals surface area (Å²) in [6, 6.07) is 0. The van der Waals surface area contributed by atoms with Crippen LogP contribution in [-0.2, 0) is 15.9 Å². The number of carbonyl (C=O) groups is 1. The van der Waals surface area contributed by atoms with Gasteiger partial charge in [0.25, 0.3) is 0 Å². The van der Waals surface area contributed by atoms with E-state index >= 15 is 0 Å². The third-order valence-electron chi connectivity index (χ3n) is 1.96. The zero-order chi connectivity index (χ0) is 12.0. The fraction of sp³-hybridized carbons (Fsp3) is 0.600. The number of ether oxygens (including phenoxy) is 2. The van der Waals surface area contributed by atoms with Gasteiger partial charge < -0.3 is 15.2 Å². The lowest BCUT2D eigenvalue weighted by Crippen LogP contribution is -2.04. The molecule has 16 heavy (non-hydrogen) atoms. The van der Waals surface area contributed by atoms with Crippen molar-refractivity contribution in [2.45, 2.75) is 19.8 Å². The molecule has 2 N–H and O–H groups in total. The molecule has 0 aliphatic rings. The van der Waals surface area contributed by atoms with Crippen molar-refractivity contribution in [1.82, 2.24) is 4.98 Å². The maximum atomic E-state index is 11.2. The number of nitrogens with zero attached hydrogens (tertiary/aromatic N) is 1. The molecule has 6 heteroatoms. The van der Waals surface area contributed by atoms with Crippen molar-refractivity contribution in [2.75, 3.05) is 26.1 Å². The summed E-state index contributed by atoms with van der Waals surface area (Å²) in [5.41, 5.74) is 5.89. The van der Waals surface area contributed by atoms with Gasteiger partial charge in [0.2, 0.25) is 0 Å². The molecule has 0 atom stereocenters. The molecule has 0 radical (unpaired) electrons. The second-order valence-electron chi connectivity index (χ2n) is 3.11. The molecule has 0 amide bonds. The van der Waals surface area contributed by atoms with E-state index in [1.54, 1.807) is 0 Å². The molecule has 1 aromatic heterocycles. The van der Waals surface area contributed by atoms with E-state index in [1.807, 2.05) is 6.92 Å². The SMILES string of the molecule is CCOCCCc1nc(C(=O)OC)c(N)s1. The molecule has 5 nitrogen and oxygen atoms in total. The molecule has 0 aromatic carbocycles. The van der Waals surface area contributed by atoms with E-state index in [0.29, 0.717) is 18.2 Å². The minimum atomic E-state index is -0.482. The number of hydrogen-bond acceptors (Lipinski definition) is 6. The van der Waals surface area contributed by atoms with Gasteiger partial charge in [0.1, 0.15) is 5.00 Å². The molecule has 0 fully saturated rings. The first-order chi connectivity index (χ1) is 7.69. The van der Waals surface area contributed by atoms with Crippen LogP contribution < -0.4 is 5.73 Å². The van der Waals surface area contributed by atoms with Gasteiger partial charge in [-0.2, -0.15) is 0 Å². The first-order valence-electron chi connectivity index (χ1n) is 5.10. The summed E-state index contributed by atoms with van der Waals surface area (Å²) in [5.74, 6) is -0.482. The zero-order valence-electron chi connectivity index (χ0n) is 9.49. The Balaban J connectivity index is 2.52. The number of aryl methyl sites for hydroxylation is 1. The average Bonchev–Trinajstić information content (AvgIpc) is 2.65. The highest BCUT2D eigenvalue weighted by Crippen LogP contribution is 2.22. The van der Waals surface area contributed by atoms with E-state index in [0.717, 1.165) is 17.8 Å².